The van der Waals surface area contributed by atoms with Crippen LogP contribution in [-0.2, 0) is 6.54 Å². The number of nitrogens with zero attached hydrogens (tertiary/aromatic N) is 3. The summed E-state index contributed by atoms with van der Waals surface area (Å²) in [6.45, 7) is 6.21. The Labute approximate surface area is 133 Å². The fourth-order valence-corrected chi connectivity index (χ4v) is 4.03. The number of rotatable bonds is 7. The Morgan fingerprint density at radius 2 is 2.05 bits per heavy atom. The minimum Gasteiger partial charge on any atom is -0.307 e. The largest absolute Gasteiger partial charge is 0.307 e. The molecule has 1 saturated carbocycles. The maximum absolute atomic E-state index is 6.51. The average Bonchev–Trinajstić information content (AvgIpc) is 3.06. The van der Waals surface area contributed by atoms with Gasteiger partial charge < -0.3 is 10.2 Å². The number of hydrogen-bond donors (Lipinski definition) is 1. The summed E-state index contributed by atoms with van der Waals surface area (Å²) in [6.07, 6.45) is 7.88. The second-order valence-electron chi connectivity index (χ2n) is 6.30. The standard InChI is InChI=1S/C16H29ClN4/c1-5-11-21-14(13(17)12-19-21)15(18-6-2)16(20(3)4)9-7-8-10-16/h12,15,18H,5-11H2,1-4H3. The number of halogens is 1. The smallest absolute Gasteiger partial charge is 0.0834 e. The van der Waals surface area contributed by atoms with Gasteiger partial charge in [0.1, 0.15) is 0 Å². The molecule has 0 aromatic carbocycles. The summed E-state index contributed by atoms with van der Waals surface area (Å²) in [7, 11) is 4.40. The van der Waals surface area contributed by atoms with Crippen LogP contribution in [0.4, 0.5) is 0 Å². The number of nitrogens with one attached hydrogen (secondary N) is 1. The number of likely N-dealkylation sites (N-methyl/N-ethyl adjacent to an activating group) is 2. The second kappa shape index (κ2) is 7.12. The van der Waals surface area contributed by atoms with E-state index < -0.39 is 0 Å². The van der Waals surface area contributed by atoms with Gasteiger partial charge in [-0.25, -0.2) is 0 Å². The summed E-state index contributed by atoms with van der Waals surface area (Å²) in [5, 5.41) is 8.99. The van der Waals surface area contributed by atoms with E-state index >= 15 is 0 Å². The lowest BCUT2D eigenvalue weighted by Gasteiger charge is -2.44. The molecule has 4 nitrogen and oxygen atoms in total. The first-order chi connectivity index (χ1) is 10.1. The van der Waals surface area contributed by atoms with E-state index in [1.165, 1.54) is 25.7 Å². The fraction of sp³-hybridized carbons (Fsp3) is 0.812. The Morgan fingerprint density at radius 1 is 1.38 bits per heavy atom. The SMILES string of the molecule is CCCn1ncc(Cl)c1C(NCC)C1(N(C)C)CCCC1. The summed E-state index contributed by atoms with van der Waals surface area (Å²) >= 11 is 6.51. The van der Waals surface area contributed by atoms with E-state index in [1.54, 1.807) is 6.20 Å². The summed E-state index contributed by atoms with van der Waals surface area (Å²) < 4.78 is 2.10. The molecule has 1 aromatic rings. The van der Waals surface area contributed by atoms with Crippen LogP contribution in [0.15, 0.2) is 6.20 Å². The Hall–Kier alpha value is -0.580. The van der Waals surface area contributed by atoms with Crippen molar-refractivity contribution in [2.24, 2.45) is 0 Å². The van der Waals surface area contributed by atoms with E-state index in [1.807, 2.05) is 0 Å². The monoisotopic (exact) mass is 312 g/mol. The van der Waals surface area contributed by atoms with Crippen LogP contribution in [-0.4, -0.2) is 40.9 Å². The molecular formula is C16H29ClN4. The Kier molecular flexibility index (Phi) is 5.69. The maximum Gasteiger partial charge on any atom is 0.0834 e. The highest BCUT2D eigenvalue weighted by molar-refractivity contribution is 6.31. The highest BCUT2D eigenvalue weighted by atomic mass is 35.5. The Morgan fingerprint density at radius 3 is 2.57 bits per heavy atom. The molecule has 1 aliphatic rings. The summed E-state index contributed by atoms with van der Waals surface area (Å²) in [5.74, 6) is 0. The minimum absolute atomic E-state index is 0.144. The second-order valence-corrected chi connectivity index (χ2v) is 6.70. The van der Waals surface area contributed by atoms with Crippen LogP contribution in [0.25, 0.3) is 0 Å². The fourth-order valence-electron chi connectivity index (χ4n) is 3.78. The summed E-state index contributed by atoms with van der Waals surface area (Å²) in [5.41, 5.74) is 1.31. The van der Waals surface area contributed by atoms with E-state index in [9.17, 15) is 0 Å². The quantitative estimate of drug-likeness (QED) is 0.837. The molecular weight excluding hydrogens is 284 g/mol. The van der Waals surface area contributed by atoms with Crippen molar-refractivity contribution in [3.05, 3.63) is 16.9 Å². The molecule has 5 heteroatoms. The highest BCUT2D eigenvalue weighted by Gasteiger charge is 2.45. The third kappa shape index (κ3) is 3.13. The molecule has 0 spiro atoms. The molecule has 1 heterocycles. The Bertz CT molecular complexity index is 449. The van der Waals surface area contributed by atoms with Crippen molar-refractivity contribution in [1.29, 1.82) is 0 Å². The average molecular weight is 313 g/mol. The lowest BCUT2D eigenvalue weighted by Crippen LogP contribution is -2.52. The third-order valence-corrected chi connectivity index (χ3v) is 5.14. The van der Waals surface area contributed by atoms with Crippen LogP contribution < -0.4 is 5.32 Å². The third-order valence-electron chi connectivity index (χ3n) is 4.85. The van der Waals surface area contributed by atoms with Gasteiger partial charge in [0.05, 0.1) is 23.0 Å². The molecule has 2 rings (SSSR count). The van der Waals surface area contributed by atoms with Gasteiger partial charge in [0.15, 0.2) is 0 Å². The first kappa shape index (κ1) is 16.8. The Balaban J connectivity index is 2.45. The van der Waals surface area contributed by atoms with Gasteiger partial charge >= 0.3 is 0 Å². The van der Waals surface area contributed by atoms with Gasteiger partial charge in [-0.2, -0.15) is 5.10 Å². The van der Waals surface area contributed by atoms with E-state index in [4.69, 9.17) is 11.6 Å². The molecule has 1 unspecified atom stereocenters. The minimum atomic E-state index is 0.144. The van der Waals surface area contributed by atoms with Crippen LogP contribution in [0.2, 0.25) is 5.02 Å². The van der Waals surface area contributed by atoms with Crippen molar-refractivity contribution >= 4 is 11.6 Å². The molecule has 1 N–H and O–H groups in total. The maximum atomic E-state index is 6.51. The predicted octanol–water partition coefficient (Wildman–Crippen LogP) is 3.47. The van der Waals surface area contributed by atoms with Crippen LogP contribution >= 0.6 is 11.6 Å². The van der Waals surface area contributed by atoms with E-state index in [0.29, 0.717) is 0 Å². The predicted molar refractivity (Wildman–Crippen MR) is 88.8 cm³/mol. The van der Waals surface area contributed by atoms with Gasteiger partial charge in [0.2, 0.25) is 0 Å². The molecule has 0 bridgehead atoms. The molecule has 1 aliphatic carbocycles. The number of aromatic nitrogens is 2. The van der Waals surface area contributed by atoms with Crippen LogP contribution in [0.5, 0.6) is 0 Å². The van der Waals surface area contributed by atoms with E-state index in [2.05, 4.69) is 47.9 Å². The molecule has 0 amide bonds. The lowest BCUT2D eigenvalue weighted by molar-refractivity contribution is 0.101. The van der Waals surface area contributed by atoms with Gasteiger partial charge in [0, 0.05) is 12.1 Å². The zero-order valence-corrected chi connectivity index (χ0v) is 14.6. The molecule has 0 radical (unpaired) electrons. The van der Waals surface area contributed by atoms with Gasteiger partial charge in [-0.1, -0.05) is 38.3 Å². The van der Waals surface area contributed by atoms with Gasteiger partial charge in [-0.3, -0.25) is 4.68 Å². The van der Waals surface area contributed by atoms with E-state index in [0.717, 1.165) is 30.2 Å². The lowest BCUT2D eigenvalue weighted by atomic mass is 9.84. The molecule has 1 fully saturated rings. The van der Waals surface area contributed by atoms with Crippen molar-refractivity contribution in [3.8, 4) is 0 Å². The van der Waals surface area contributed by atoms with Crippen molar-refractivity contribution in [3.63, 3.8) is 0 Å². The van der Waals surface area contributed by atoms with Crippen molar-refractivity contribution < 1.29 is 0 Å². The summed E-state index contributed by atoms with van der Waals surface area (Å²) in [6, 6.07) is 0.238. The van der Waals surface area contributed by atoms with Crippen molar-refractivity contribution in [2.45, 2.75) is 64.1 Å². The zero-order valence-electron chi connectivity index (χ0n) is 13.8. The highest BCUT2D eigenvalue weighted by Crippen LogP contribution is 2.44. The zero-order chi connectivity index (χ0) is 15.5. The first-order valence-corrected chi connectivity index (χ1v) is 8.56. The van der Waals surface area contributed by atoms with Crippen molar-refractivity contribution in [2.75, 3.05) is 20.6 Å². The molecule has 1 aromatic heterocycles. The molecule has 1 atom stereocenters. The number of aryl methyl sites for hydroxylation is 1. The topological polar surface area (TPSA) is 33.1 Å². The molecule has 0 saturated heterocycles. The normalized spacial score (nSPS) is 19.3. The molecule has 0 aliphatic heterocycles. The van der Waals surface area contributed by atoms with Crippen LogP contribution in [0.3, 0.4) is 0 Å². The van der Waals surface area contributed by atoms with Gasteiger partial charge in [-0.05, 0) is 39.9 Å². The van der Waals surface area contributed by atoms with E-state index in [-0.39, 0.29) is 11.6 Å². The van der Waals surface area contributed by atoms with Crippen LogP contribution in [0.1, 0.15) is 57.7 Å². The van der Waals surface area contributed by atoms with Gasteiger partial charge in [-0.15, -0.1) is 0 Å². The van der Waals surface area contributed by atoms with Gasteiger partial charge in [0.25, 0.3) is 0 Å². The van der Waals surface area contributed by atoms with Crippen LogP contribution in [0, 0.1) is 0 Å². The summed E-state index contributed by atoms with van der Waals surface area (Å²) in [4.78, 5) is 2.40. The van der Waals surface area contributed by atoms with Crippen molar-refractivity contribution in [1.82, 2.24) is 20.0 Å². The molecule has 120 valence electrons. The molecule has 21 heavy (non-hydrogen) atoms. The first-order valence-electron chi connectivity index (χ1n) is 8.18. The number of hydrogen-bond acceptors (Lipinski definition) is 3.